The Kier molecular flexibility index (Phi) is 4.58. The van der Waals surface area contributed by atoms with Crippen LogP contribution in [0.5, 0.6) is 5.75 Å². The molecular formula is C20H23N5O. The fourth-order valence-corrected chi connectivity index (χ4v) is 3.23. The molecule has 0 atom stereocenters. The third-order valence-corrected chi connectivity index (χ3v) is 4.79. The van der Waals surface area contributed by atoms with Gasteiger partial charge in [-0.1, -0.05) is 6.07 Å². The lowest BCUT2D eigenvalue weighted by Gasteiger charge is -2.34. The van der Waals surface area contributed by atoms with Crippen molar-refractivity contribution >= 4 is 28.2 Å². The number of hydrogen-bond acceptors (Lipinski definition) is 6. The van der Waals surface area contributed by atoms with E-state index in [1.807, 2.05) is 36.5 Å². The molecule has 1 N–H and O–H groups in total. The molecule has 6 heteroatoms. The quantitative estimate of drug-likeness (QED) is 0.781. The lowest BCUT2D eigenvalue weighted by Crippen LogP contribution is -2.44. The van der Waals surface area contributed by atoms with Crippen LogP contribution in [0.2, 0.25) is 0 Å². The standard InChI is InChI=1S/C20H23N5O/c1-24-10-12-25(13-11-24)19-5-3-4-18-17(19)14-21-20(23-18)22-15-6-8-16(26-2)9-7-15/h3-9,14H,10-13H2,1-2H3,(H,21,22,23). The fraction of sp³-hybridized carbons (Fsp3) is 0.300. The molecule has 0 radical (unpaired) electrons. The van der Waals surface area contributed by atoms with Gasteiger partial charge in [0.25, 0.3) is 0 Å². The zero-order chi connectivity index (χ0) is 17.9. The SMILES string of the molecule is COc1ccc(Nc2ncc3c(N4CCN(C)CC4)cccc3n2)cc1. The van der Waals surface area contributed by atoms with Gasteiger partial charge in [-0.05, 0) is 43.4 Å². The highest BCUT2D eigenvalue weighted by atomic mass is 16.5. The van der Waals surface area contributed by atoms with E-state index in [-0.39, 0.29) is 0 Å². The molecule has 1 saturated heterocycles. The molecule has 3 aromatic rings. The van der Waals surface area contributed by atoms with Gasteiger partial charge in [0.2, 0.25) is 5.95 Å². The summed E-state index contributed by atoms with van der Waals surface area (Å²) in [6.45, 7) is 4.21. The molecule has 4 rings (SSSR count). The van der Waals surface area contributed by atoms with E-state index < -0.39 is 0 Å². The van der Waals surface area contributed by atoms with Crippen LogP contribution in [0.4, 0.5) is 17.3 Å². The summed E-state index contributed by atoms with van der Waals surface area (Å²) in [6, 6.07) is 14.0. The predicted octanol–water partition coefficient (Wildman–Crippen LogP) is 3.13. The van der Waals surface area contributed by atoms with Crippen molar-refractivity contribution in [3.8, 4) is 5.75 Å². The first-order valence-corrected chi connectivity index (χ1v) is 8.83. The maximum absolute atomic E-state index is 5.19. The maximum atomic E-state index is 5.19. The van der Waals surface area contributed by atoms with E-state index in [1.54, 1.807) is 7.11 Å². The van der Waals surface area contributed by atoms with Gasteiger partial charge in [-0.3, -0.25) is 0 Å². The maximum Gasteiger partial charge on any atom is 0.227 e. The van der Waals surface area contributed by atoms with Crippen LogP contribution in [0, 0.1) is 0 Å². The van der Waals surface area contributed by atoms with Gasteiger partial charge in [0.1, 0.15) is 5.75 Å². The van der Waals surface area contributed by atoms with E-state index in [4.69, 9.17) is 9.72 Å². The van der Waals surface area contributed by atoms with Crippen LogP contribution in [-0.4, -0.2) is 55.2 Å². The lowest BCUT2D eigenvalue weighted by molar-refractivity contribution is 0.313. The summed E-state index contributed by atoms with van der Waals surface area (Å²) in [5.41, 5.74) is 3.10. The van der Waals surface area contributed by atoms with Crippen molar-refractivity contribution in [3.05, 3.63) is 48.7 Å². The van der Waals surface area contributed by atoms with Crippen LogP contribution in [0.15, 0.2) is 48.7 Å². The molecule has 0 unspecified atom stereocenters. The number of fused-ring (bicyclic) bond motifs is 1. The molecule has 134 valence electrons. The highest BCUT2D eigenvalue weighted by molar-refractivity contribution is 5.92. The van der Waals surface area contributed by atoms with Gasteiger partial charge in [0, 0.05) is 49.1 Å². The van der Waals surface area contributed by atoms with E-state index in [0.29, 0.717) is 5.95 Å². The topological polar surface area (TPSA) is 53.5 Å². The van der Waals surface area contributed by atoms with Gasteiger partial charge in [0.15, 0.2) is 0 Å². The van der Waals surface area contributed by atoms with Crippen molar-refractivity contribution in [2.24, 2.45) is 0 Å². The first-order chi connectivity index (χ1) is 12.7. The molecule has 6 nitrogen and oxygen atoms in total. The summed E-state index contributed by atoms with van der Waals surface area (Å²) < 4.78 is 5.19. The molecule has 2 heterocycles. The summed E-state index contributed by atoms with van der Waals surface area (Å²) >= 11 is 0. The average molecular weight is 349 g/mol. The molecule has 1 aliphatic heterocycles. The van der Waals surface area contributed by atoms with Crippen molar-refractivity contribution in [1.82, 2.24) is 14.9 Å². The Hall–Kier alpha value is -2.86. The van der Waals surface area contributed by atoms with E-state index in [1.165, 1.54) is 5.69 Å². The predicted molar refractivity (Wildman–Crippen MR) is 106 cm³/mol. The summed E-state index contributed by atoms with van der Waals surface area (Å²) in [5, 5.41) is 4.35. The summed E-state index contributed by atoms with van der Waals surface area (Å²) in [6.07, 6.45) is 1.92. The smallest absolute Gasteiger partial charge is 0.227 e. The van der Waals surface area contributed by atoms with Crippen LogP contribution in [0.1, 0.15) is 0 Å². The number of piperazine rings is 1. The number of aromatic nitrogens is 2. The summed E-state index contributed by atoms with van der Waals surface area (Å²) in [4.78, 5) is 14.0. The highest BCUT2D eigenvalue weighted by Crippen LogP contribution is 2.27. The Balaban J connectivity index is 1.59. The Morgan fingerprint density at radius 3 is 2.50 bits per heavy atom. The molecule has 1 aliphatic rings. The first-order valence-electron chi connectivity index (χ1n) is 8.83. The molecule has 0 spiro atoms. The number of ether oxygens (including phenoxy) is 1. The van der Waals surface area contributed by atoms with Gasteiger partial charge in [-0.25, -0.2) is 9.97 Å². The second-order valence-corrected chi connectivity index (χ2v) is 6.55. The zero-order valence-corrected chi connectivity index (χ0v) is 15.1. The molecule has 0 amide bonds. The molecule has 0 saturated carbocycles. The van der Waals surface area contributed by atoms with Gasteiger partial charge in [-0.15, -0.1) is 0 Å². The number of methoxy groups -OCH3 is 1. The summed E-state index contributed by atoms with van der Waals surface area (Å²) in [5.74, 6) is 1.42. The highest BCUT2D eigenvalue weighted by Gasteiger charge is 2.16. The van der Waals surface area contributed by atoms with Crippen LogP contribution in [0.25, 0.3) is 10.9 Å². The van der Waals surface area contributed by atoms with Gasteiger partial charge in [0.05, 0.1) is 12.6 Å². The van der Waals surface area contributed by atoms with Crippen LogP contribution < -0.4 is 15.0 Å². The molecule has 1 aromatic heterocycles. The van der Waals surface area contributed by atoms with E-state index >= 15 is 0 Å². The molecule has 1 fully saturated rings. The van der Waals surface area contributed by atoms with Crippen molar-refractivity contribution < 1.29 is 4.74 Å². The zero-order valence-electron chi connectivity index (χ0n) is 15.1. The molecule has 26 heavy (non-hydrogen) atoms. The normalized spacial score (nSPS) is 15.2. The number of nitrogens with one attached hydrogen (secondary N) is 1. The second kappa shape index (κ2) is 7.17. The van der Waals surface area contributed by atoms with E-state index in [0.717, 1.165) is 48.5 Å². The largest absolute Gasteiger partial charge is 0.497 e. The average Bonchev–Trinajstić information content (AvgIpc) is 2.69. The molecule has 0 aliphatic carbocycles. The number of nitrogens with zero attached hydrogens (tertiary/aromatic N) is 4. The van der Waals surface area contributed by atoms with Crippen molar-refractivity contribution in [2.45, 2.75) is 0 Å². The minimum Gasteiger partial charge on any atom is -0.497 e. The first kappa shape index (κ1) is 16.6. The molecular weight excluding hydrogens is 326 g/mol. The number of rotatable bonds is 4. The Morgan fingerprint density at radius 1 is 1.00 bits per heavy atom. The fourth-order valence-electron chi connectivity index (χ4n) is 3.23. The third kappa shape index (κ3) is 3.41. The molecule has 2 aromatic carbocycles. The minimum atomic E-state index is 0.596. The Labute approximate surface area is 153 Å². The van der Waals surface area contributed by atoms with E-state index in [2.05, 4.69) is 39.3 Å². The van der Waals surface area contributed by atoms with Crippen LogP contribution in [0.3, 0.4) is 0 Å². The second-order valence-electron chi connectivity index (χ2n) is 6.55. The lowest BCUT2D eigenvalue weighted by atomic mass is 10.1. The summed E-state index contributed by atoms with van der Waals surface area (Å²) in [7, 11) is 3.83. The Bertz CT molecular complexity index is 888. The monoisotopic (exact) mass is 349 g/mol. The minimum absolute atomic E-state index is 0.596. The van der Waals surface area contributed by atoms with Crippen molar-refractivity contribution in [2.75, 3.05) is 50.6 Å². The van der Waals surface area contributed by atoms with Crippen molar-refractivity contribution in [1.29, 1.82) is 0 Å². The van der Waals surface area contributed by atoms with E-state index in [9.17, 15) is 0 Å². The van der Waals surface area contributed by atoms with Crippen LogP contribution in [-0.2, 0) is 0 Å². The number of hydrogen-bond donors (Lipinski definition) is 1. The third-order valence-electron chi connectivity index (χ3n) is 4.79. The number of anilines is 3. The Morgan fingerprint density at radius 2 is 1.77 bits per heavy atom. The van der Waals surface area contributed by atoms with Gasteiger partial charge >= 0.3 is 0 Å². The van der Waals surface area contributed by atoms with Gasteiger partial charge < -0.3 is 19.9 Å². The van der Waals surface area contributed by atoms with Gasteiger partial charge in [-0.2, -0.15) is 0 Å². The number of likely N-dealkylation sites (N-methyl/N-ethyl adjacent to an activating group) is 1. The van der Waals surface area contributed by atoms with Crippen molar-refractivity contribution in [3.63, 3.8) is 0 Å². The number of benzene rings is 2. The van der Waals surface area contributed by atoms with Crippen LogP contribution >= 0.6 is 0 Å². The molecule has 0 bridgehead atoms.